The zero-order valence-electron chi connectivity index (χ0n) is 19.6. The zero-order valence-corrected chi connectivity index (χ0v) is 19.6. The minimum atomic E-state index is -0.392. The summed E-state index contributed by atoms with van der Waals surface area (Å²) >= 11 is 0. The number of carbonyl (C=O) groups excluding carboxylic acids is 2. The maximum absolute atomic E-state index is 12.8. The summed E-state index contributed by atoms with van der Waals surface area (Å²) in [5.74, 6) is 0.568. The van der Waals surface area contributed by atoms with Crippen molar-refractivity contribution in [2.24, 2.45) is 0 Å². The van der Waals surface area contributed by atoms with Gasteiger partial charge in [-0.1, -0.05) is 19.4 Å². The molecule has 0 spiro atoms. The van der Waals surface area contributed by atoms with Gasteiger partial charge in [-0.15, -0.1) is 0 Å². The van der Waals surface area contributed by atoms with Gasteiger partial charge in [0, 0.05) is 37.5 Å². The number of carbonyl (C=O) groups is 2. The number of hydrogen-bond donors (Lipinski definition) is 4. The molecule has 4 N–H and O–H groups in total. The van der Waals surface area contributed by atoms with Crippen LogP contribution >= 0.6 is 0 Å². The van der Waals surface area contributed by atoms with Gasteiger partial charge in [0.2, 0.25) is 5.91 Å². The first-order chi connectivity index (χ1) is 16.5. The number of methoxy groups -OCH3 is 1. The molecular weight excluding hydrogens is 436 g/mol. The third-order valence-corrected chi connectivity index (χ3v) is 5.31. The van der Waals surface area contributed by atoms with Crippen molar-refractivity contribution >= 4 is 23.3 Å². The predicted molar refractivity (Wildman–Crippen MR) is 129 cm³/mol. The summed E-state index contributed by atoms with van der Waals surface area (Å²) in [6, 6.07) is 5.23. The number of pyridine rings is 1. The molecule has 1 aliphatic heterocycles. The predicted octanol–water partition coefficient (Wildman–Crippen LogP) is 1.80. The number of aromatic nitrogens is 1. The standard InChI is InChI=1S/C24H32N6O4/c1-3-4-8-27-22-7-5-6-19(28-22)24(32)29-20-13-17(18(25)14-21(20)33-2)15-26-16-23(31)30-9-11-34-12-10-30/h5-7,13-15,25-26H,3-4,8-12,16H2,1-2H3,(H,27,28)(H,29,32)/b17-15-,25-18?. The smallest absolute Gasteiger partial charge is 0.274 e. The lowest BCUT2D eigenvalue weighted by Crippen LogP contribution is -2.44. The highest BCUT2D eigenvalue weighted by atomic mass is 16.5. The topological polar surface area (TPSA) is 129 Å². The molecule has 0 atom stereocenters. The van der Waals surface area contributed by atoms with E-state index in [1.54, 1.807) is 29.3 Å². The minimum absolute atomic E-state index is 0.0355. The molecule has 34 heavy (non-hydrogen) atoms. The van der Waals surface area contributed by atoms with Crippen LogP contribution in [0.5, 0.6) is 0 Å². The highest BCUT2D eigenvalue weighted by Gasteiger charge is 2.20. The molecule has 1 saturated heterocycles. The Labute approximate surface area is 199 Å². The van der Waals surface area contributed by atoms with E-state index in [9.17, 15) is 9.59 Å². The van der Waals surface area contributed by atoms with E-state index in [4.69, 9.17) is 14.9 Å². The van der Waals surface area contributed by atoms with Crippen LogP contribution in [0.1, 0.15) is 30.3 Å². The average molecular weight is 469 g/mol. The molecule has 1 aliphatic carbocycles. The summed E-state index contributed by atoms with van der Waals surface area (Å²) in [5.41, 5.74) is 1.37. The van der Waals surface area contributed by atoms with E-state index in [0.29, 0.717) is 49.2 Å². The Balaban J connectivity index is 1.66. The van der Waals surface area contributed by atoms with E-state index in [0.717, 1.165) is 19.4 Å². The molecule has 0 aromatic carbocycles. The Bertz CT molecular complexity index is 995. The van der Waals surface area contributed by atoms with E-state index in [1.807, 2.05) is 6.07 Å². The van der Waals surface area contributed by atoms with Crippen molar-refractivity contribution in [2.45, 2.75) is 19.8 Å². The number of amides is 2. The fourth-order valence-corrected chi connectivity index (χ4v) is 3.39. The SMILES string of the molecule is CCCCNc1cccc(C(=O)NC2=C/C(=C/NCC(=O)N3CCOCC3)C(=N)C=C2OC)n1. The average Bonchev–Trinajstić information content (AvgIpc) is 2.86. The molecule has 1 fully saturated rings. The van der Waals surface area contributed by atoms with Gasteiger partial charge in [-0.2, -0.15) is 0 Å². The molecule has 10 heteroatoms. The maximum atomic E-state index is 12.8. The van der Waals surface area contributed by atoms with E-state index < -0.39 is 5.91 Å². The van der Waals surface area contributed by atoms with Gasteiger partial charge in [-0.25, -0.2) is 4.98 Å². The van der Waals surface area contributed by atoms with Gasteiger partial charge in [0.1, 0.15) is 17.3 Å². The first kappa shape index (κ1) is 25.0. The van der Waals surface area contributed by atoms with Crippen LogP contribution in [0.25, 0.3) is 0 Å². The second-order valence-corrected chi connectivity index (χ2v) is 7.80. The molecule has 2 heterocycles. The fraction of sp³-hybridized carbons (Fsp3) is 0.417. The summed E-state index contributed by atoms with van der Waals surface area (Å²) in [6.45, 7) is 5.24. The van der Waals surface area contributed by atoms with E-state index in [1.165, 1.54) is 13.2 Å². The van der Waals surface area contributed by atoms with Gasteiger partial charge in [0.25, 0.3) is 5.91 Å². The summed E-state index contributed by atoms with van der Waals surface area (Å²) < 4.78 is 10.6. The second kappa shape index (κ2) is 12.5. The van der Waals surface area contributed by atoms with Crippen molar-refractivity contribution in [1.82, 2.24) is 20.5 Å². The summed E-state index contributed by atoms with van der Waals surface area (Å²) in [5, 5.41) is 17.2. The molecule has 0 radical (unpaired) electrons. The highest BCUT2D eigenvalue weighted by molar-refractivity contribution is 6.10. The molecule has 2 amide bonds. The number of rotatable bonds is 10. The summed E-state index contributed by atoms with van der Waals surface area (Å²) in [6.07, 6.45) is 6.82. The van der Waals surface area contributed by atoms with Crippen molar-refractivity contribution in [1.29, 1.82) is 5.41 Å². The molecule has 0 bridgehead atoms. The molecule has 3 rings (SSSR count). The van der Waals surface area contributed by atoms with Crippen LogP contribution in [0.3, 0.4) is 0 Å². The van der Waals surface area contributed by atoms with Gasteiger partial charge >= 0.3 is 0 Å². The number of nitrogens with zero attached hydrogens (tertiary/aromatic N) is 2. The van der Waals surface area contributed by atoms with Crippen LogP contribution in [-0.4, -0.2) is 73.9 Å². The fourth-order valence-electron chi connectivity index (χ4n) is 3.39. The Kier molecular flexibility index (Phi) is 9.21. The van der Waals surface area contributed by atoms with E-state index >= 15 is 0 Å². The number of ether oxygens (including phenoxy) is 2. The van der Waals surface area contributed by atoms with Crippen molar-refractivity contribution in [2.75, 3.05) is 51.8 Å². The maximum Gasteiger partial charge on any atom is 0.274 e. The lowest BCUT2D eigenvalue weighted by Gasteiger charge is -2.26. The van der Waals surface area contributed by atoms with Crippen molar-refractivity contribution in [3.05, 3.63) is 59.3 Å². The molecular formula is C24H32N6O4. The van der Waals surface area contributed by atoms with Gasteiger partial charge in [-0.3, -0.25) is 9.59 Å². The molecule has 10 nitrogen and oxygen atoms in total. The van der Waals surface area contributed by atoms with Gasteiger partial charge < -0.3 is 35.7 Å². The van der Waals surface area contributed by atoms with Crippen molar-refractivity contribution in [3.8, 4) is 0 Å². The van der Waals surface area contributed by atoms with Gasteiger partial charge in [0.05, 0.1) is 38.3 Å². The Morgan fingerprint density at radius 3 is 2.79 bits per heavy atom. The van der Waals surface area contributed by atoms with Crippen LogP contribution < -0.4 is 16.0 Å². The largest absolute Gasteiger partial charge is 0.494 e. The van der Waals surface area contributed by atoms with Crippen molar-refractivity contribution < 1.29 is 19.1 Å². The number of hydrogen-bond acceptors (Lipinski definition) is 8. The second-order valence-electron chi connectivity index (χ2n) is 7.80. The van der Waals surface area contributed by atoms with Crippen LogP contribution in [0, 0.1) is 5.41 Å². The Morgan fingerprint density at radius 1 is 1.26 bits per heavy atom. The third kappa shape index (κ3) is 6.92. The normalized spacial score (nSPS) is 17.1. The first-order valence-electron chi connectivity index (χ1n) is 11.4. The third-order valence-electron chi connectivity index (χ3n) is 5.31. The molecule has 1 aromatic heterocycles. The molecule has 1 aromatic rings. The Morgan fingerprint density at radius 2 is 2.06 bits per heavy atom. The van der Waals surface area contributed by atoms with Crippen molar-refractivity contribution in [3.63, 3.8) is 0 Å². The van der Waals surface area contributed by atoms with Gasteiger partial charge in [0.15, 0.2) is 0 Å². The monoisotopic (exact) mass is 468 g/mol. The number of morpholine rings is 1. The molecule has 182 valence electrons. The van der Waals surface area contributed by atoms with Crippen LogP contribution in [-0.2, 0) is 14.3 Å². The zero-order chi connectivity index (χ0) is 24.3. The number of nitrogens with one attached hydrogen (secondary N) is 4. The molecule has 0 unspecified atom stereocenters. The van der Waals surface area contributed by atoms with Gasteiger partial charge in [-0.05, 0) is 24.6 Å². The quantitative estimate of drug-likeness (QED) is 0.386. The van der Waals surface area contributed by atoms with E-state index in [2.05, 4.69) is 27.9 Å². The first-order valence-corrected chi connectivity index (χ1v) is 11.4. The van der Waals surface area contributed by atoms with Crippen LogP contribution in [0.4, 0.5) is 5.82 Å². The number of unbranched alkanes of at least 4 members (excludes halogenated alkanes) is 1. The molecule has 2 aliphatic rings. The van der Waals surface area contributed by atoms with Crippen LogP contribution in [0.2, 0.25) is 0 Å². The number of allylic oxidation sites excluding steroid dienone is 3. The summed E-state index contributed by atoms with van der Waals surface area (Å²) in [7, 11) is 1.48. The minimum Gasteiger partial charge on any atom is -0.494 e. The Hall–Kier alpha value is -3.66. The highest BCUT2D eigenvalue weighted by Crippen LogP contribution is 2.19. The molecule has 0 saturated carbocycles. The summed E-state index contributed by atoms with van der Waals surface area (Å²) in [4.78, 5) is 31.3. The van der Waals surface area contributed by atoms with Crippen LogP contribution in [0.15, 0.2) is 53.6 Å². The number of anilines is 1. The lowest BCUT2D eigenvalue weighted by molar-refractivity contribution is -0.134. The lowest BCUT2D eigenvalue weighted by atomic mass is 10.0. The van der Waals surface area contributed by atoms with E-state index in [-0.39, 0.29) is 23.9 Å².